The summed E-state index contributed by atoms with van der Waals surface area (Å²) in [5.74, 6) is -0.590. The number of carbonyl (C=O) groups excluding carboxylic acids is 1. The van der Waals surface area contributed by atoms with Crippen molar-refractivity contribution in [3.63, 3.8) is 0 Å². The van der Waals surface area contributed by atoms with E-state index >= 15 is 0 Å². The van der Waals surface area contributed by atoms with Gasteiger partial charge in [0.05, 0.1) is 17.1 Å². The lowest BCUT2D eigenvalue weighted by molar-refractivity contribution is -0.120. The maximum absolute atomic E-state index is 14.0. The highest BCUT2D eigenvalue weighted by Gasteiger charge is 2.40. The molecule has 0 radical (unpaired) electrons. The number of carbonyl (C=O) groups is 1. The van der Waals surface area contributed by atoms with Crippen LogP contribution in [0.5, 0.6) is 0 Å². The molecule has 1 saturated carbocycles. The Morgan fingerprint density at radius 2 is 1.78 bits per heavy atom. The fraction of sp³-hybridized carbons (Fsp3) is 0.625. The third-order valence-electron chi connectivity index (χ3n) is 5.09. The standard InChI is InChI=1S/C16H21FN6O3S/c1-9-14(10(2)21-20-9)27(25,26)23-7-5-22(6-8-23)16-18-13(11-3-4-11)12(17)15(24)19-16/h11-12H,3-8H2,1-2H3,(H,20,21). The van der Waals surface area contributed by atoms with Crippen LogP contribution >= 0.6 is 0 Å². The predicted octanol–water partition coefficient (Wildman–Crippen LogP) is 0.418. The van der Waals surface area contributed by atoms with Gasteiger partial charge >= 0.3 is 0 Å². The number of H-pyrrole nitrogens is 1. The minimum Gasteiger partial charge on any atom is -0.338 e. The van der Waals surface area contributed by atoms with E-state index in [0.717, 1.165) is 12.8 Å². The Balaban J connectivity index is 1.49. The van der Waals surface area contributed by atoms with Crippen LogP contribution in [0.2, 0.25) is 0 Å². The molecule has 1 saturated heterocycles. The molecule has 1 atom stereocenters. The van der Waals surface area contributed by atoms with E-state index in [9.17, 15) is 17.6 Å². The second kappa shape index (κ2) is 6.48. The van der Waals surface area contributed by atoms with Crippen molar-refractivity contribution in [3.8, 4) is 0 Å². The average molecular weight is 396 g/mol. The number of aromatic nitrogens is 2. The summed E-state index contributed by atoms with van der Waals surface area (Å²) in [7, 11) is -3.66. The van der Waals surface area contributed by atoms with E-state index in [1.807, 2.05) is 0 Å². The normalized spacial score (nSPS) is 24.8. The Morgan fingerprint density at radius 3 is 2.33 bits per heavy atom. The van der Waals surface area contributed by atoms with Crippen molar-refractivity contribution in [3.05, 3.63) is 11.4 Å². The first-order valence-corrected chi connectivity index (χ1v) is 10.3. The highest BCUT2D eigenvalue weighted by atomic mass is 32.2. The van der Waals surface area contributed by atoms with E-state index in [1.165, 1.54) is 4.31 Å². The van der Waals surface area contributed by atoms with Crippen LogP contribution in [0, 0.1) is 19.8 Å². The predicted molar refractivity (Wildman–Crippen MR) is 95.9 cm³/mol. The van der Waals surface area contributed by atoms with Crippen molar-refractivity contribution in [2.24, 2.45) is 15.9 Å². The molecule has 1 aliphatic carbocycles. The van der Waals surface area contributed by atoms with Crippen molar-refractivity contribution in [2.45, 2.75) is 37.8 Å². The van der Waals surface area contributed by atoms with Crippen LogP contribution in [0.3, 0.4) is 0 Å². The maximum Gasteiger partial charge on any atom is 0.289 e. The summed E-state index contributed by atoms with van der Waals surface area (Å²) in [5.41, 5.74) is 1.21. The molecule has 3 heterocycles. The van der Waals surface area contributed by atoms with E-state index in [4.69, 9.17) is 0 Å². The van der Waals surface area contributed by atoms with Gasteiger partial charge in [0.2, 0.25) is 22.2 Å². The number of alkyl halides is 1. The molecule has 0 spiro atoms. The van der Waals surface area contributed by atoms with Gasteiger partial charge in [0.1, 0.15) is 4.90 Å². The number of rotatable bonds is 3. The number of piperazine rings is 1. The van der Waals surface area contributed by atoms with Crippen LogP contribution in [0.1, 0.15) is 24.2 Å². The summed E-state index contributed by atoms with van der Waals surface area (Å²) >= 11 is 0. The fourth-order valence-electron chi connectivity index (χ4n) is 3.48. The van der Waals surface area contributed by atoms with E-state index in [0.29, 0.717) is 24.5 Å². The SMILES string of the molecule is Cc1n[nH]c(C)c1S(=O)(=O)N1CCN(C2=NC(=O)C(F)C(C3CC3)=N2)CC1. The molecule has 1 N–H and O–H groups in total. The second-order valence-corrected chi connectivity index (χ2v) is 8.95. The number of nitrogens with zero attached hydrogens (tertiary/aromatic N) is 5. The summed E-state index contributed by atoms with van der Waals surface area (Å²) in [6.07, 6.45) is -0.0558. The van der Waals surface area contributed by atoms with E-state index in [2.05, 4.69) is 20.2 Å². The van der Waals surface area contributed by atoms with E-state index < -0.39 is 22.1 Å². The first-order valence-electron chi connectivity index (χ1n) is 8.91. The number of sulfonamides is 1. The number of hydrogen-bond donors (Lipinski definition) is 1. The van der Waals surface area contributed by atoms with Crippen molar-refractivity contribution in [1.82, 2.24) is 19.4 Å². The molecule has 146 valence electrons. The number of aryl methyl sites for hydroxylation is 2. The first kappa shape index (κ1) is 18.2. The zero-order valence-corrected chi connectivity index (χ0v) is 16.0. The molecule has 27 heavy (non-hydrogen) atoms. The summed E-state index contributed by atoms with van der Waals surface area (Å²) in [6, 6.07) is 0. The molecule has 1 unspecified atom stereocenters. The lowest BCUT2D eigenvalue weighted by Crippen LogP contribution is -2.51. The van der Waals surface area contributed by atoms with Crippen LogP contribution in [0.4, 0.5) is 4.39 Å². The van der Waals surface area contributed by atoms with Gasteiger partial charge in [0.25, 0.3) is 5.91 Å². The van der Waals surface area contributed by atoms with Gasteiger partial charge in [-0.25, -0.2) is 17.8 Å². The molecule has 0 aromatic carbocycles. The molecule has 4 rings (SSSR count). The third-order valence-corrected chi connectivity index (χ3v) is 7.25. The van der Waals surface area contributed by atoms with Gasteiger partial charge in [-0.3, -0.25) is 9.89 Å². The highest BCUT2D eigenvalue weighted by molar-refractivity contribution is 7.89. The maximum atomic E-state index is 14.0. The molecule has 1 amide bonds. The van der Waals surface area contributed by atoms with Gasteiger partial charge in [-0.05, 0) is 26.7 Å². The average Bonchev–Trinajstić information content (AvgIpc) is 3.41. The number of hydrogen-bond acceptors (Lipinski definition) is 6. The van der Waals surface area contributed by atoms with Crippen LogP contribution in [-0.2, 0) is 14.8 Å². The number of guanidine groups is 1. The summed E-state index contributed by atoms with van der Waals surface area (Å²) in [4.78, 5) is 21.9. The molecular weight excluding hydrogens is 375 g/mol. The molecule has 1 aromatic rings. The number of aliphatic imine (C=N–C) groups is 2. The van der Waals surface area contributed by atoms with Gasteiger partial charge in [-0.2, -0.15) is 14.4 Å². The number of halogens is 1. The van der Waals surface area contributed by atoms with Gasteiger partial charge in [-0.1, -0.05) is 0 Å². The zero-order chi connectivity index (χ0) is 19.3. The minimum atomic E-state index is -3.66. The Kier molecular flexibility index (Phi) is 4.38. The van der Waals surface area contributed by atoms with Crippen molar-refractivity contribution in [2.75, 3.05) is 26.2 Å². The lowest BCUT2D eigenvalue weighted by Gasteiger charge is -2.35. The molecule has 11 heteroatoms. The Labute approximate surface area is 156 Å². The number of amides is 1. The molecule has 9 nitrogen and oxygen atoms in total. The first-order chi connectivity index (χ1) is 12.8. The smallest absolute Gasteiger partial charge is 0.289 e. The zero-order valence-electron chi connectivity index (χ0n) is 15.1. The molecular formula is C16H21FN6O3S. The molecule has 3 aliphatic rings. The minimum absolute atomic E-state index is 0.0307. The number of nitrogens with one attached hydrogen (secondary N) is 1. The lowest BCUT2D eigenvalue weighted by atomic mass is 10.1. The molecule has 2 fully saturated rings. The van der Waals surface area contributed by atoms with Gasteiger partial charge in [0.15, 0.2) is 0 Å². The largest absolute Gasteiger partial charge is 0.338 e. The van der Waals surface area contributed by atoms with Gasteiger partial charge in [-0.15, -0.1) is 0 Å². The Hall–Kier alpha value is -2.14. The summed E-state index contributed by atoms with van der Waals surface area (Å²) in [5, 5.41) is 6.66. The second-order valence-electron chi connectivity index (χ2n) is 7.08. The topological polar surface area (TPSA) is 111 Å². The Bertz CT molecular complexity index is 922. The fourth-order valence-corrected chi connectivity index (χ4v) is 5.23. The van der Waals surface area contributed by atoms with E-state index in [1.54, 1.807) is 18.7 Å². The van der Waals surface area contributed by atoms with Gasteiger partial charge < -0.3 is 4.90 Å². The molecule has 1 aromatic heterocycles. The van der Waals surface area contributed by atoms with Crippen LogP contribution in [0.25, 0.3) is 0 Å². The van der Waals surface area contributed by atoms with Crippen molar-refractivity contribution in [1.29, 1.82) is 0 Å². The number of aromatic amines is 1. The van der Waals surface area contributed by atoms with Crippen LogP contribution in [0.15, 0.2) is 14.9 Å². The summed E-state index contributed by atoms with van der Waals surface area (Å²) < 4.78 is 41.2. The molecule has 0 bridgehead atoms. The van der Waals surface area contributed by atoms with E-state index in [-0.39, 0.29) is 35.6 Å². The highest BCUT2D eigenvalue weighted by Crippen LogP contribution is 2.34. The molecule has 2 aliphatic heterocycles. The monoisotopic (exact) mass is 396 g/mol. The van der Waals surface area contributed by atoms with Crippen molar-refractivity contribution < 1.29 is 17.6 Å². The Morgan fingerprint density at radius 1 is 1.11 bits per heavy atom. The van der Waals surface area contributed by atoms with Crippen LogP contribution in [-0.4, -0.2) is 77.7 Å². The summed E-state index contributed by atoms with van der Waals surface area (Å²) in [6.45, 7) is 4.45. The quantitative estimate of drug-likeness (QED) is 0.796. The van der Waals surface area contributed by atoms with Crippen molar-refractivity contribution >= 4 is 27.6 Å². The third kappa shape index (κ3) is 3.18. The van der Waals surface area contributed by atoms with Gasteiger partial charge in [0, 0.05) is 32.1 Å². The van der Waals surface area contributed by atoms with Crippen LogP contribution < -0.4 is 0 Å².